The number of fused-ring (bicyclic) bond motifs is 4. The normalized spacial score (nSPS) is 53.6. The minimum absolute atomic E-state index is 0.00595. The van der Waals surface area contributed by atoms with Gasteiger partial charge in [0.15, 0.2) is 0 Å². The van der Waals surface area contributed by atoms with Crippen LogP contribution in [-0.4, -0.2) is 11.2 Å². The van der Waals surface area contributed by atoms with Crippen LogP contribution in [0.15, 0.2) is 0 Å². The molecular formula is C29H50O. The largest absolute Gasteiger partial charge is 0.393 e. The summed E-state index contributed by atoms with van der Waals surface area (Å²) in [6, 6.07) is 0. The Morgan fingerprint density at radius 2 is 1.70 bits per heavy atom. The van der Waals surface area contributed by atoms with Crippen LogP contribution in [0.1, 0.15) is 112 Å². The number of hydrogen-bond acceptors (Lipinski definition) is 1. The molecule has 172 valence electrons. The Kier molecular flexibility index (Phi) is 5.25. The predicted molar refractivity (Wildman–Crippen MR) is 126 cm³/mol. The Balaban J connectivity index is 1.32. The lowest BCUT2D eigenvalue weighted by atomic mass is 9.45. The van der Waals surface area contributed by atoms with E-state index in [0.717, 1.165) is 53.8 Å². The van der Waals surface area contributed by atoms with Crippen LogP contribution in [0.25, 0.3) is 0 Å². The van der Waals surface area contributed by atoms with Gasteiger partial charge in [-0.3, -0.25) is 0 Å². The third-order valence-electron chi connectivity index (χ3n) is 12.8. The lowest BCUT2D eigenvalue weighted by Crippen LogP contribution is -2.56. The molecular weight excluding hydrogens is 364 g/mol. The van der Waals surface area contributed by atoms with Crippen molar-refractivity contribution in [3.63, 3.8) is 0 Å². The molecule has 5 aliphatic rings. The summed E-state index contributed by atoms with van der Waals surface area (Å²) in [6.07, 6.45) is 15.4. The van der Waals surface area contributed by atoms with Crippen LogP contribution in [0.2, 0.25) is 0 Å². The van der Waals surface area contributed by atoms with E-state index in [1.54, 1.807) is 0 Å². The molecule has 5 rings (SSSR count). The topological polar surface area (TPSA) is 20.2 Å². The summed E-state index contributed by atoms with van der Waals surface area (Å²) in [4.78, 5) is 0. The van der Waals surface area contributed by atoms with Crippen molar-refractivity contribution < 1.29 is 5.11 Å². The zero-order valence-electron chi connectivity index (χ0n) is 20.9. The van der Waals surface area contributed by atoms with E-state index in [9.17, 15) is 5.11 Å². The highest BCUT2D eigenvalue weighted by molar-refractivity contribution is 5.25. The minimum atomic E-state index is 0.00595. The van der Waals surface area contributed by atoms with Crippen molar-refractivity contribution >= 4 is 0 Å². The standard InChI is InChI=1S/C29H50O/c1-7-20(18(2)3)9-8-19(4)23-10-11-24-22-16-26(30)29-17-21(29)12-15-28(29,6)25(22)13-14-27(23,24)5/h18-26,30H,7-17H2,1-6H3/t19-,20-,21-,22+,23-,24+,25+,26-,27-,28-,29+/m1/s1. The van der Waals surface area contributed by atoms with Gasteiger partial charge in [0.05, 0.1) is 6.10 Å². The van der Waals surface area contributed by atoms with Gasteiger partial charge in [0, 0.05) is 5.41 Å². The average Bonchev–Trinajstić information content (AvgIpc) is 3.22. The minimum Gasteiger partial charge on any atom is -0.393 e. The van der Waals surface area contributed by atoms with Crippen LogP contribution in [0.3, 0.4) is 0 Å². The number of rotatable bonds is 6. The molecule has 5 aliphatic carbocycles. The zero-order chi connectivity index (χ0) is 21.5. The Bertz CT molecular complexity index is 655. The number of aliphatic hydroxyl groups is 1. The molecule has 0 bridgehead atoms. The van der Waals surface area contributed by atoms with Gasteiger partial charge in [0.25, 0.3) is 0 Å². The summed E-state index contributed by atoms with van der Waals surface area (Å²) in [5.74, 6) is 7.01. The maximum absolute atomic E-state index is 11.4. The van der Waals surface area contributed by atoms with E-state index in [1.165, 1.54) is 64.2 Å². The van der Waals surface area contributed by atoms with Crippen molar-refractivity contribution in [1.29, 1.82) is 0 Å². The third kappa shape index (κ3) is 2.75. The molecule has 0 unspecified atom stereocenters. The molecule has 1 heteroatoms. The Morgan fingerprint density at radius 3 is 2.37 bits per heavy atom. The first-order valence-corrected chi connectivity index (χ1v) is 13.9. The van der Waals surface area contributed by atoms with Gasteiger partial charge < -0.3 is 5.11 Å². The molecule has 5 saturated carbocycles. The van der Waals surface area contributed by atoms with Gasteiger partial charge in [-0.2, -0.15) is 0 Å². The van der Waals surface area contributed by atoms with Crippen molar-refractivity contribution in [3.05, 3.63) is 0 Å². The van der Waals surface area contributed by atoms with E-state index in [4.69, 9.17) is 0 Å². The van der Waals surface area contributed by atoms with Crippen LogP contribution in [0.5, 0.6) is 0 Å². The molecule has 0 radical (unpaired) electrons. The first-order valence-electron chi connectivity index (χ1n) is 13.9. The average molecular weight is 415 g/mol. The van der Waals surface area contributed by atoms with E-state index in [-0.39, 0.29) is 6.10 Å². The van der Waals surface area contributed by atoms with Gasteiger partial charge in [0.2, 0.25) is 0 Å². The Hall–Kier alpha value is -0.0400. The van der Waals surface area contributed by atoms with Crippen molar-refractivity contribution in [3.8, 4) is 0 Å². The van der Waals surface area contributed by atoms with Gasteiger partial charge in [-0.25, -0.2) is 0 Å². The van der Waals surface area contributed by atoms with Gasteiger partial charge in [0.1, 0.15) is 0 Å². The molecule has 5 fully saturated rings. The second-order valence-corrected chi connectivity index (χ2v) is 13.7. The highest BCUT2D eigenvalue weighted by atomic mass is 16.3. The van der Waals surface area contributed by atoms with Gasteiger partial charge in [-0.1, -0.05) is 54.4 Å². The van der Waals surface area contributed by atoms with E-state index < -0.39 is 0 Å². The van der Waals surface area contributed by atoms with Crippen molar-refractivity contribution in [2.75, 3.05) is 0 Å². The van der Waals surface area contributed by atoms with E-state index in [1.807, 2.05) is 0 Å². The summed E-state index contributed by atoms with van der Waals surface area (Å²) < 4.78 is 0. The molecule has 0 amide bonds. The molecule has 0 aromatic heterocycles. The molecule has 0 aromatic rings. The highest BCUT2D eigenvalue weighted by Gasteiger charge is 2.77. The van der Waals surface area contributed by atoms with E-state index in [2.05, 4.69) is 41.5 Å². The fourth-order valence-electron chi connectivity index (χ4n) is 11.0. The first-order chi connectivity index (χ1) is 14.2. The van der Waals surface area contributed by atoms with Gasteiger partial charge in [-0.05, 0) is 116 Å². The van der Waals surface area contributed by atoms with Crippen molar-refractivity contribution in [2.45, 2.75) is 118 Å². The quantitative estimate of drug-likeness (QED) is 0.472. The second kappa shape index (κ2) is 7.23. The lowest BCUT2D eigenvalue weighted by Gasteiger charge is -2.60. The first kappa shape index (κ1) is 21.8. The molecule has 1 spiro atoms. The van der Waals surface area contributed by atoms with Crippen LogP contribution in [0, 0.1) is 63.6 Å². The second-order valence-electron chi connectivity index (χ2n) is 13.7. The van der Waals surface area contributed by atoms with Crippen molar-refractivity contribution in [1.82, 2.24) is 0 Å². The molecule has 0 saturated heterocycles. The highest BCUT2D eigenvalue weighted by Crippen LogP contribution is 2.81. The Morgan fingerprint density at radius 1 is 0.933 bits per heavy atom. The maximum atomic E-state index is 11.4. The predicted octanol–water partition coefficient (Wildman–Crippen LogP) is 7.71. The molecule has 11 atom stereocenters. The monoisotopic (exact) mass is 414 g/mol. The summed E-state index contributed by atoms with van der Waals surface area (Å²) in [5.41, 5.74) is 1.35. The smallest absolute Gasteiger partial charge is 0.0607 e. The molecule has 30 heavy (non-hydrogen) atoms. The van der Waals surface area contributed by atoms with Crippen LogP contribution >= 0.6 is 0 Å². The number of hydrogen-bond donors (Lipinski definition) is 1. The molecule has 0 heterocycles. The lowest BCUT2D eigenvalue weighted by molar-refractivity contribution is -0.152. The maximum Gasteiger partial charge on any atom is 0.0607 e. The van der Waals surface area contributed by atoms with E-state index >= 15 is 0 Å². The van der Waals surface area contributed by atoms with Gasteiger partial charge in [-0.15, -0.1) is 0 Å². The Labute approximate surface area is 187 Å². The molecule has 0 aliphatic heterocycles. The van der Waals surface area contributed by atoms with Gasteiger partial charge >= 0.3 is 0 Å². The van der Waals surface area contributed by atoms with E-state index in [0.29, 0.717) is 16.2 Å². The SMILES string of the molecule is CC[C@H](CC[C@@H](C)[C@H]1CC[C@H]2[C@@H]3C[C@@H](O)[C@]45C[C@H]4CC[C@]5(C)[C@H]3CC[C@]12C)C(C)C. The zero-order valence-corrected chi connectivity index (χ0v) is 20.9. The summed E-state index contributed by atoms with van der Waals surface area (Å²) >= 11 is 0. The molecule has 0 aromatic carbocycles. The molecule has 1 N–H and O–H groups in total. The van der Waals surface area contributed by atoms with Crippen LogP contribution in [-0.2, 0) is 0 Å². The fraction of sp³-hybridized carbons (Fsp3) is 1.00. The number of aliphatic hydroxyl groups excluding tert-OH is 1. The summed E-state index contributed by atoms with van der Waals surface area (Å²) in [7, 11) is 0. The van der Waals surface area contributed by atoms with Crippen LogP contribution in [0.4, 0.5) is 0 Å². The van der Waals surface area contributed by atoms with Crippen LogP contribution < -0.4 is 0 Å². The molecule has 1 nitrogen and oxygen atoms in total. The fourth-order valence-corrected chi connectivity index (χ4v) is 11.0. The van der Waals surface area contributed by atoms with Crippen molar-refractivity contribution in [2.24, 2.45) is 63.6 Å². The summed E-state index contributed by atoms with van der Waals surface area (Å²) in [6.45, 7) is 15.1. The third-order valence-corrected chi connectivity index (χ3v) is 12.8. The summed E-state index contributed by atoms with van der Waals surface area (Å²) in [5, 5.41) is 11.4.